The molecule has 8 nitrogen and oxygen atoms in total. The molecule has 1 N–H and O–H groups in total. The van der Waals surface area contributed by atoms with E-state index in [4.69, 9.17) is 4.52 Å². The SMILES string of the molecule is Cc1noc(C)c1S(=O)(=O)NCC[C@@H]1CCCCN1S(=O)(=O)c1cccs1. The fraction of sp³-hybridized carbons (Fsp3) is 0.562. The first-order valence-electron chi connectivity index (χ1n) is 8.71. The number of thiophene rings is 1. The van der Waals surface area contributed by atoms with Crippen molar-refractivity contribution >= 4 is 31.4 Å². The zero-order valence-electron chi connectivity index (χ0n) is 15.2. The zero-order chi connectivity index (χ0) is 19.7. The van der Waals surface area contributed by atoms with E-state index in [9.17, 15) is 16.8 Å². The van der Waals surface area contributed by atoms with Crippen LogP contribution in [0.2, 0.25) is 0 Å². The Hall–Kier alpha value is -1.27. The number of hydrogen-bond donors (Lipinski definition) is 1. The van der Waals surface area contributed by atoms with Crippen molar-refractivity contribution in [1.29, 1.82) is 0 Å². The van der Waals surface area contributed by atoms with Gasteiger partial charge in [-0.2, -0.15) is 4.31 Å². The Kier molecular flexibility index (Phi) is 6.06. The van der Waals surface area contributed by atoms with Crippen molar-refractivity contribution in [3.63, 3.8) is 0 Å². The molecule has 0 aromatic carbocycles. The van der Waals surface area contributed by atoms with Crippen LogP contribution in [0.15, 0.2) is 31.1 Å². The van der Waals surface area contributed by atoms with E-state index in [0.717, 1.165) is 19.3 Å². The van der Waals surface area contributed by atoms with Crippen LogP contribution in [-0.2, 0) is 20.0 Å². The van der Waals surface area contributed by atoms with Gasteiger partial charge in [0.15, 0.2) is 5.76 Å². The molecule has 0 radical (unpaired) electrons. The largest absolute Gasteiger partial charge is 0.360 e. The fourth-order valence-electron chi connectivity index (χ4n) is 3.40. The Bertz CT molecular complexity index is 961. The molecule has 27 heavy (non-hydrogen) atoms. The quantitative estimate of drug-likeness (QED) is 0.717. The van der Waals surface area contributed by atoms with Crippen LogP contribution in [0.1, 0.15) is 37.1 Å². The molecule has 1 aliphatic rings. The molecule has 3 heterocycles. The van der Waals surface area contributed by atoms with Crippen LogP contribution in [0.25, 0.3) is 0 Å². The smallest absolute Gasteiger partial charge is 0.252 e. The van der Waals surface area contributed by atoms with Gasteiger partial charge in [-0.15, -0.1) is 11.3 Å². The maximum atomic E-state index is 12.9. The van der Waals surface area contributed by atoms with Gasteiger partial charge < -0.3 is 4.52 Å². The van der Waals surface area contributed by atoms with E-state index >= 15 is 0 Å². The van der Waals surface area contributed by atoms with Crippen LogP contribution in [-0.4, -0.2) is 45.4 Å². The molecule has 0 amide bonds. The summed E-state index contributed by atoms with van der Waals surface area (Å²) in [6.45, 7) is 3.72. The minimum atomic E-state index is -3.75. The molecular weight excluding hydrogens is 410 g/mol. The fourth-order valence-corrected chi connectivity index (χ4v) is 7.61. The Labute approximate surface area is 163 Å². The summed E-state index contributed by atoms with van der Waals surface area (Å²) in [4.78, 5) is 0.0502. The van der Waals surface area contributed by atoms with Gasteiger partial charge in [0, 0.05) is 19.1 Å². The first-order chi connectivity index (χ1) is 12.7. The molecule has 0 aliphatic carbocycles. The summed E-state index contributed by atoms with van der Waals surface area (Å²) >= 11 is 1.20. The number of piperidine rings is 1. The summed E-state index contributed by atoms with van der Waals surface area (Å²) < 4.78 is 60.1. The normalized spacial score (nSPS) is 19.4. The summed E-state index contributed by atoms with van der Waals surface area (Å²) in [5.74, 6) is 0.236. The number of nitrogens with zero attached hydrogens (tertiary/aromatic N) is 2. The van der Waals surface area contributed by atoms with Gasteiger partial charge in [-0.05, 0) is 44.6 Å². The summed E-state index contributed by atoms with van der Waals surface area (Å²) in [6, 6.07) is 3.10. The number of sulfonamides is 2. The van der Waals surface area contributed by atoms with E-state index in [1.807, 2.05) is 0 Å². The molecule has 0 saturated carbocycles. The van der Waals surface area contributed by atoms with Gasteiger partial charge in [-0.1, -0.05) is 17.6 Å². The van der Waals surface area contributed by atoms with Crippen LogP contribution in [0.3, 0.4) is 0 Å². The lowest BCUT2D eigenvalue weighted by molar-refractivity contribution is 0.242. The van der Waals surface area contributed by atoms with Crippen molar-refractivity contribution in [2.45, 2.75) is 54.7 Å². The Morgan fingerprint density at radius 3 is 2.70 bits per heavy atom. The molecule has 1 fully saturated rings. The van der Waals surface area contributed by atoms with Crippen LogP contribution in [0.4, 0.5) is 0 Å². The van der Waals surface area contributed by atoms with E-state index in [1.165, 1.54) is 15.6 Å². The van der Waals surface area contributed by atoms with Gasteiger partial charge in [-0.25, -0.2) is 21.6 Å². The molecule has 0 unspecified atom stereocenters. The molecule has 11 heteroatoms. The highest BCUT2D eigenvalue weighted by atomic mass is 32.2. The average Bonchev–Trinajstić information content (AvgIpc) is 3.26. The van der Waals surface area contributed by atoms with E-state index in [0.29, 0.717) is 22.9 Å². The average molecular weight is 434 g/mol. The van der Waals surface area contributed by atoms with E-state index < -0.39 is 20.0 Å². The van der Waals surface area contributed by atoms with Gasteiger partial charge in [0.1, 0.15) is 14.8 Å². The highest BCUT2D eigenvalue weighted by Gasteiger charge is 2.34. The molecule has 3 rings (SSSR count). The van der Waals surface area contributed by atoms with Crippen molar-refractivity contribution in [1.82, 2.24) is 14.2 Å². The van der Waals surface area contributed by atoms with Gasteiger partial charge in [0.25, 0.3) is 10.0 Å². The molecule has 1 saturated heterocycles. The van der Waals surface area contributed by atoms with Crippen LogP contribution in [0, 0.1) is 13.8 Å². The summed E-state index contributed by atoms with van der Waals surface area (Å²) in [5, 5.41) is 5.41. The minimum absolute atomic E-state index is 0.0502. The van der Waals surface area contributed by atoms with Crippen molar-refractivity contribution < 1.29 is 21.4 Å². The third-order valence-electron chi connectivity index (χ3n) is 4.64. The second-order valence-corrected chi connectivity index (χ2v) is 11.3. The topological polar surface area (TPSA) is 110 Å². The highest BCUT2D eigenvalue weighted by Crippen LogP contribution is 2.29. The van der Waals surface area contributed by atoms with E-state index in [2.05, 4.69) is 9.88 Å². The zero-order valence-corrected chi connectivity index (χ0v) is 17.7. The van der Waals surface area contributed by atoms with Crippen LogP contribution >= 0.6 is 11.3 Å². The maximum Gasteiger partial charge on any atom is 0.252 e. The van der Waals surface area contributed by atoms with Crippen molar-refractivity contribution in [2.75, 3.05) is 13.1 Å². The minimum Gasteiger partial charge on any atom is -0.360 e. The van der Waals surface area contributed by atoms with E-state index in [-0.39, 0.29) is 23.2 Å². The molecule has 150 valence electrons. The highest BCUT2D eigenvalue weighted by molar-refractivity contribution is 7.91. The van der Waals surface area contributed by atoms with Crippen molar-refractivity contribution in [2.24, 2.45) is 0 Å². The van der Waals surface area contributed by atoms with Gasteiger partial charge in [0.2, 0.25) is 10.0 Å². The monoisotopic (exact) mass is 433 g/mol. The first-order valence-corrected chi connectivity index (χ1v) is 12.5. The van der Waals surface area contributed by atoms with Crippen molar-refractivity contribution in [3.05, 3.63) is 29.0 Å². The molecular formula is C16H23N3O5S3. The maximum absolute atomic E-state index is 12.9. The predicted octanol–water partition coefficient (Wildman–Crippen LogP) is 2.26. The third kappa shape index (κ3) is 4.27. The van der Waals surface area contributed by atoms with E-state index in [1.54, 1.807) is 31.4 Å². The Morgan fingerprint density at radius 2 is 2.07 bits per heavy atom. The lowest BCUT2D eigenvalue weighted by Crippen LogP contribution is -2.44. The molecule has 0 spiro atoms. The molecule has 0 bridgehead atoms. The molecule has 1 aliphatic heterocycles. The molecule has 1 atom stereocenters. The lowest BCUT2D eigenvalue weighted by Gasteiger charge is -2.34. The number of aryl methyl sites for hydroxylation is 2. The second kappa shape index (κ2) is 8.00. The number of nitrogens with one attached hydrogen (secondary N) is 1. The van der Waals surface area contributed by atoms with Gasteiger partial charge in [0.05, 0.1) is 0 Å². The summed E-state index contributed by atoms with van der Waals surface area (Å²) in [5.41, 5.74) is 0.305. The van der Waals surface area contributed by atoms with Crippen LogP contribution < -0.4 is 4.72 Å². The first kappa shape index (κ1) is 20.5. The summed E-state index contributed by atoms with van der Waals surface area (Å²) in [7, 11) is -7.29. The van der Waals surface area contributed by atoms with Gasteiger partial charge in [-0.3, -0.25) is 0 Å². The Morgan fingerprint density at radius 1 is 1.30 bits per heavy atom. The lowest BCUT2D eigenvalue weighted by atomic mass is 10.0. The predicted molar refractivity (Wildman–Crippen MR) is 102 cm³/mol. The third-order valence-corrected chi connectivity index (χ3v) is 9.67. The number of hydrogen-bond acceptors (Lipinski definition) is 7. The molecule has 2 aromatic rings. The standard InChI is InChI=1S/C16H23N3O5S3/c1-12-16(13(2)24-18-12)26(20,21)17-9-8-14-6-3-4-10-19(14)27(22,23)15-7-5-11-25-15/h5,7,11,14,17H,3-4,6,8-10H2,1-2H3/t14-/m0/s1. The van der Waals surface area contributed by atoms with Crippen LogP contribution in [0.5, 0.6) is 0 Å². The van der Waals surface area contributed by atoms with Gasteiger partial charge >= 0.3 is 0 Å². The summed E-state index contributed by atoms with van der Waals surface area (Å²) in [6.07, 6.45) is 2.87. The Balaban J connectivity index is 1.69. The second-order valence-electron chi connectivity index (χ2n) is 6.54. The van der Waals surface area contributed by atoms with Crippen molar-refractivity contribution in [3.8, 4) is 0 Å². The number of rotatable bonds is 7. The molecule has 2 aromatic heterocycles. The number of aromatic nitrogens is 1.